The zero-order chi connectivity index (χ0) is 13.9. The van der Waals surface area contributed by atoms with Crippen LogP contribution in [0.1, 0.15) is 24.8 Å². The van der Waals surface area contributed by atoms with E-state index in [1.54, 1.807) is 4.68 Å². The number of aryl methyl sites for hydroxylation is 2. The molecule has 0 amide bonds. The number of hydrogen-bond donors (Lipinski definition) is 2. The molecule has 1 aliphatic heterocycles. The Morgan fingerprint density at radius 2 is 2.42 bits per heavy atom. The molecular weight excluding hydrogens is 264 g/mol. The van der Waals surface area contributed by atoms with Gasteiger partial charge >= 0.3 is 0 Å². The summed E-state index contributed by atoms with van der Waals surface area (Å²) in [5.74, 6) is 6.47. The molecule has 3 N–H and O–H groups in total. The van der Waals surface area contributed by atoms with Crippen LogP contribution in [0.2, 0.25) is 0 Å². The van der Waals surface area contributed by atoms with Crippen molar-refractivity contribution >= 4 is 9.84 Å². The quantitative estimate of drug-likeness (QED) is 0.568. The van der Waals surface area contributed by atoms with Gasteiger partial charge in [-0.3, -0.25) is 16.0 Å². The van der Waals surface area contributed by atoms with Gasteiger partial charge < -0.3 is 0 Å². The third kappa shape index (κ3) is 4.29. The Morgan fingerprint density at radius 1 is 1.63 bits per heavy atom. The molecule has 2 atom stereocenters. The van der Waals surface area contributed by atoms with Crippen LogP contribution >= 0.6 is 0 Å². The lowest BCUT2D eigenvalue weighted by molar-refractivity contribution is 0.392. The van der Waals surface area contributed by atoms with E-state index < -0.39 is 9.84 Å². The summed E-state index contributed by atoms with van der Waals surface area (Å²) in [4.78, 5) is 0. The van der Waals surface area contributed by atoms with Crippen molar-refractivity contribution in [2.45, 2.75) is 31.7 Å². The van der Waals surface area contributed by atoms with Crippen LogP contribution in [0.3, 0.4) is 0 Å². The van der Waals surface area contributed by atoms with Gasteiger partial charge in [-0.15, -0.1) is 0 Å². The van der Waals surface area contributed by atoms with Crippen molar-refractivity contribution in [3.8, 4) is 0 Å². The summed E-state index contributed by atoms with van der Waals surface area (Å²) in [6, 6.07) is 0.165. The lowest BCUT2D eigenvalue weighted by atomic mass is 9.96. The first kappa shape index (κ1) is 14.5. The van der Waals surface area contributed by atoms with Crippen molar-refractivity contribution in [2.75, 3.05) is 11.5 Å². The summed E-state index contributed by atoms with van der Waals surface area (Å²) in [7, 11) is -0.901. The minimum absolute atomic E-state index is 0.165. The summed E-state index contributed by atoms with van der Waals surface area (Å²) in [6.07, 6.45) is 7.26. The van der Waals surface area contributed by atoms with Gasteiger partial charge in [-0.1, -0.05) is 0 Å². The van der Waals surface area contributed by atoms with E-state index in [0.29, 0.717) is 11.5 Å². The van der Waals surface area contributed by atoms with Gasteiger partial charge in [0.15, 0.2) is 9.84 Å². The zero-order valence-corrected chi connectivity index (χ0v) is 12.1. The fourth-order valence-electron chi connectivity index (χ4n) is 2.67. The van der Waals surface area contributed by atoms with Crippen LogP contribution in [-0.4, -0.2) is 35.7 Å². The molecule has 0 saturated carbocycles. The number of hydrazine groups is 1. The highest BCUT2D eigenvalue weighted by Crippen LogP contribution is 2.24. The maximum absolute atomic E-state index is 11.4. The first-order valence-electron chi connectivity index (χ1n) is 6.62. The maximum Gasteiger partial charge on any atom is 0.150 e. The van der Waals surface area contributed by atoms with Crippen LogP contribution in [0.5, 0.6) is 0 Å². The van der Waals surface area contributed by atoms with E-state index >= 15 is 0 Å². The number of nitrogens with zero attached hydrogens (tertiary/aromatic N) is 2. The molecule has 0 spiro atoms. The van der Waals surface area contributed by atoms with E-state index in [9.17, 15) is 8.42 Å². The van der Waals surface area contributed by atoms with Crippen molar-refractivity contribution in [2.24, 2.45) is 18.8 Å². The predicted molar refractivity (Wildman–Crippen MR) is 74.0 cm³/mol. The predicted octanol–water partition coefficient (Wildman–Crippen LogP) is 0.00940. The molecule has 1 aliphatic rings. The Balaban J connectivity index is 1.80. The number of hydrogen-bond acceptors (Lipinski definition) is 5. The lowest BCUT2D eigenvalue weighted by Gasteiger charge is -2.18. The highest BCUT2D eigenvalue weighted by atomic mass is 32.2. The summed E-state index contributed by atoms with van der Waals surface area (Å²) in [6.45, 7) is 0. The van der Waals surface area contributed by atoms with Crippen molar-refractivity contribution < 1.29 is 8.42 Å². The van der Waals surface area contributed by atoms with Crippen molar-refractivity contribution in [3.63, 3.8) is 0 Å². The van der Waals surface area contributed by atoms with E-state index in [0.717, 1.165) is 25.7 Å². The van der Waals surface area contributed by atoms with Crippen molar-refractivity contribution in [3.05, 3.63) is 18.0 Å². The van der Waals surface area contributed by atoms with Gasteiger partial charge in [-0.25, -0.2) is 8.42 Å². The topological polar surface area (TPSA) is 90.0 Å². The van der Waals surface area contributed by atoms with Gasteiger partial charge in [0.05, 0.1) is 17.7 Å². The molecular formula is C12H22N4O2S. The summed E-state index contributed by atoms with van der Waals surface area (Å²) in [5, 5.41) is 4.13. The van der Waals surface area contributed by atoms with Crippen LogP contribution < -0.4 is 11.3 Å². The van der Waals surface area contributed by atoms with Gasteiger partial charge in [0.1, 0.15) is 0 Å². The van der Waals surface area contributed by atoms with E-state index in [4.69, 9.17) is 5.84 Å². The number of rotatable bonds is 6. The number of aromatic nitrogens is 2. The molecule has 0 radical (unpaired) electrons. The molecule has 2 heterocycles. The molecule has 0 aliphatic carbocycles. The monoisotopic (exact) mass is 286 g/mol. The molecule has 6 nitrogen and oxygen atoms in total. The van der Waals surface area contributed by atoms with Gasteiger partial charge in [0.25, 0.3) is 0 Å². The average Bonchev–Trinajstić information content (AvgIpc) is 2.90. The largest absolute Gasteiger partial charge is 0.276 e. The van der Waals surface area contributed by atoms with E-state index in [1.165, 1.54) is 5.56 Å². The molecule has 2 rings (SSSR count). The van der Waals surface area contributed by atoms with Gasteiger partial charge in [-0.2, -0.15) is 5.10 Å². The van der Waals surface area contributed by atoms with Gasteiger partial charge in [0, 0.05) is 19.3 Å². The number of sulfone groups is 1. The minimum Gasteiger partial charge on any atom is -0.276 e. The second-order valence-electron chi connectivity index (χ2n) is 5.43. The van der Waals surface area contributed by atoms with Crippen LogP contribution in [0, 0.1) is 5.92 Å². The molecule has 19 heavy (non-hydrogen) atoms. The first-order valence-corrected chi connectivity index (χ1v) is 8.45. The molecule has 7 heteroatoms. The van der Waals surface area contributed by atoms with E-state index in [-0.39, 0.29) is 12.0 Å². The SMILES string of the molecule is Cn1cc(CCC(CC2CCS(=O)(=O)C2)NN)cn1. The fourth-order valence-corrected chi connectivity index (χ4v) is 4.55. The fraction of sp³-hybridized carbons (Fsp3) is 0.750. The Morgan fingerprint density at radius 3 is 2.95 bits per heavy atom. The van der Waals surface area contributed by atoms with E-state index in [2.05, 4.69) is 10.5 Å². The third-order valence-corrected chi connectivity index (χ3v) is 5.56. The Kier molecular flexibility index (Phi) is 4.59. The van der Waals surface area contributed by atoms with Crippen molar-refractivity contribution in [1.82, 2.24) is 15.2 Å². The smallest absolute Gasteiger partial charge is 0.150 e. The Hall–Kier alpha value is -0.920. The second kappa shape index (κ2) is 6.02. The number of nitrogens with two attached hydrogens (primary N) is 1. The first-order chi connectivity index (χ1) is 8.98. The molecule has 1 aromatic heterocycles. The second-order valence-corrected chi connectivity index (χ2v) is 7.66. The highest BCUT2D eigenvalue weighted by molar-refractivity contribution is 7.91. The molecule has 2 unspecified atom stereocenters. The molecule has 108 valence electrons. The molecule has 1 aromatic rings. The van der Waals surface area contributed by atoms with Crippen LogP contribution in [0.25, 0.3) is 0 Å². The standard InChI is InChI=1S/C12H22N4O2S/c1-16-8-11(7-14-16)2-3-12(15-13)6-10-4-5-19(17,18)9-10/h7-8,10,12,15H,2-6,9,13H2,1H3. The van der Waals surface area contributed by atoms with Crippen LogP contribution in [0.15, 0.2) is 12.4 Å². The van der Waals surface area contributed by atoms with Gasteiger partial charge in [0.2, 0.25) is 0 Å². The molecule has 1 fully saturated rings. The van der Waals surface area contributed by atoms with E-state index in [1.807, 2.05) is 19.4 Å². The van der Waals surface area contributed by atoms with Gasteiger partial charge in [-0.05, 0) is 37.2 Å². The minimum atomic E-state index is -2.80. The Labute approximate surface area is 114 Å². The zero-order valence-electron chi connectivity index (χ0n) is 11.2. The molecule has 0 bridgehead atoms. The molecule has 1 saturated heterocycles. The maximum atomic E-state index is 11.4. The third-order valence-electron chi connectivity index (χ3n) is 3.72. The average molecular weight is 286 g/mol. The van der Waals surface area contributed by atoms with Crippen LogP contribution in [0.4, 0.5) is 0 Å². The normalized spacial score (nSPS) is 23.6. The van der Waals surface area contributed by atoms with Crippen molar-refractivity contribution in [1.29, 1.82) is 0 Å². The summed E-state index contributed by atoms with van der Waals surface area (Å²) in [5.41, 5.74) is 3.99. The lowest BCUT2D eigenvalue weighted by Crippen LogP contribution is -2.37. The summed E-state index contributed by atoms with van der Waals surface area (Å²) >= 11 is 0. The summed E-state index contributed by atoms with van der Waals surface area (Å²) < 4.78 is 24.6. The van der Waals surface area contributed by atoms with Crippen LogP contribution in [-0.2, 0) is 23.3 Å². The highest BCUT2D eigenvalue weighted by Gasteiger charge is 2.29. The number of nitrogens with one attached hydrogen (secondary N) is 1. The molecule has 0 aromatic carbocycles. The Bertz CT molecular complexity index is 512.